The van der Waals surface area contributed by atoms with Crippen molar-refractivity contribution >= 4 is 40.7 Å². The number of hydrogen-bond acceptors (Lipinski definition) is 7. The topological polar surface area (TPSA) is 114 Å². The van der Waals surface area contributed by atoms with Crippen LogP contribution in [0.4, 0.5) is 0 Å². The van der Waals surface area contributed by atoms with E-state index in [2.05, 4.69) is 5.32 Å². The van der Waals surface area contributed by atoms with Crippen molar-refractivity contribution in [3.63, 3.8) is 0 Å². The Hall–Kier alpha value is -1.33. The Morgan fingerprint density at radius 1 is 0.500 bits per heavy atom. The quantitative estimate of drug-likeness (QED) is 0.533. The third-order valence-corrected chi connectivity index (χ3v) is 0.957. The molecule has 1 rings (SSSR count). The van der Waals surface area contributed by atoms with Gasteiger partial charge in [-0.25, -0.2) is 0 Å². The van der Waals surface area contributed by atoms with Gasteiger partial charge in [0.15, 0.2) is 0 Å². The van der Waals surface area contributed by atoms with E-state index in [0.717, 1.165) is 0 Å². The molecule has 0 aromatic heterocycles. The first-order chi connectivity index (χ1) is 8.50. The summed E-state index contributed by atoms with van der Waals surface area (Å²) in [5, 5.41) is 3.22. The monoisotopic (exact) mass is 435 g/mol. The van der Waals surface area contributed by atoms with E-state index >= 15 is 0 Å². The average Bonchev–Trinajstić information content (AvgIpc) is 3.10. The fourth-order valence-corrected chi connectivity index (χ4v) is 0.625. The van der Waals surface area contributed by atoms with Crippen molar-refractivity contribution in [3.05, 3.63) is 0 Å². The van der Waals surface area contributed by atoms with Gasteiger partial charge in [0, 0.05) is 21.1 Å². The van der Waals surface area contributed by atoms with Crippen LogP contribution >= 0.6 is 0 Å². The molecular weight excluding hydrogens is 414 g/mol. The minimum Gasteiger partial charge on any atom is -0.317 e. The van der Waals surface area contributed by atoms with E-state index in [4.69, 9.17) is 28.8 Å². The number of carbonyl (C=O) groups is 6. The molecule has 0 saturated carbocycles. The molecule has 1 N–H and O–H groups in total. The molecule has 0 atom stereocenters. The number of carbonyl (C=O) groups excluding carboxylic acids is 6. The minimum atomic E-state index is 0. The van der Waals surface area contributed by atoms with Gasteiger partial charge in [0.25, 0.3) is 0 Å². The first-order valence-corrected chi connectivity index (χ1v) is 3.94. The summed E-state index contributed by atoms with van der Waals surface area (Å²) in [5.74, 6) is 0. The normalized spacial score (nSPS) is 8.00. The van der Waals surface area contributed by atoms with Crippen molar-refractivity contribution in [3.8, 4) is 0 Å². The van der Waals surface area contributed by atoms with Gasteiger partial charge in [0.1, 0.15) is 40.7 Å². The summed E-state index contributed by atoms with van der Waals surface area (Å²) in [6.07, 6.45) is 2.78. The maximum atomic E-state index is 8.00. The largest absolute Gasteiger partial charge is 0.317 e. The van der Waals surface area contributed by atoms with E-state index in [-0.39, 0.29) is 21.1 Å². The summed E-state index contributed by atoms with van der Waals surface area (Å²) in [4.78, 5) is 48.0. The van der Waals surface area contributed by atoms with Crippen LogP contribution in [0.1, 0.15) is 12.8 Å². The molecule has 1 heterocycles. The SMILES string of the molecule is C1CCNC1.C=O.C=O.C=O.C=O.C=O.C=O.[W]. The summed E-state index contributed by atoms with van der Waals surface area (Å²) < 4.78 is 0. The molecule has 0 aromatic rings. The molecule has 18 heavy (non-hydrogen) atoms. The van der Waals surface area contributed by atoms with E-state index in [1.807, 2.05) is 40.7 Å². The molecule has 1 aliphatic rings. The summed E-state index contributed by atoms with van der Waals surface area (Å²) in [6, 6.07) is 0. The van der Waals surface area contributed by atoms with Crippen molar-refractivity contribution in [1.29, 1.82) is 0 Å². The fraction of sp³-hybridized carbons (Fsp3) is 0.400. The Morgan fingerprint density at radius 3 is 0.722 bits per heavy atom. The molecule has 0 aliphatic carbocycles. The molecule has 0 unspecified atom stereocenters. The molecule has 0 bridgehead atoms. The number of nitrogens with one attached hydrogen (secondary N) is 1. The van der Waals surface area contributed by atoms with Crippen LogP contribution in [0.3, 0.4) is 0 Å². The molecular formula is C10H21NO6W. The van der Waals surface area contributed by atoms with Gasteiger partial charge in [0.05, 0.1) is 0 Å². The Labute approximate surface area is 122 Å². The second-order valence-electron chi connectivity index (χ2n) is 1.46. The van der Waals surface area contributed by atoms with Crippen molar-refractivity contribution in [2.24, 2.45) is 0 Å². The van der Waals surface area contributed by atoms with Gasteiger partial charge in [-0.05, 0) is 25.9 Å². The summed E-state index contributed by atoms with van der Waals surface area (Å²) in [5.41, 5.74) is 0. The minimum absolute atomic E-state index is 0. The van der Waals surface area contributed by atoms with E-state index in [9.17, 15) is 0 Å². The second kappa shape index (κ2) is 251. The van der Waals surface area contributed by atoms with E-state index in [1.165, 1.54) is 25.9 Å². The number of hydrogen-bond donors (Lipinski definition) is 1. The molecule has 0 amide bonds. The van der Waals surface area contributed by atoms with Gasteiger partial charge in [-0.3, -0.25) is 0 Å². The molecule has 1 fully saturated rings. The second-order valence-corrected chi connectivity index (χ2v) is 1.46. The fourth-order valence-electron chi connectivity index (χ4n) is 0.625. The van der Waals surface area contributed by atoms with Crippen molar-refractivity contribution in [1.82, 2.24) is 5.32 Å². The predicted octanol–water partition coefficient (Wildman–Crippen LogP) is -0.742. The summed E-state index contributed by atoms with van der Waals surface area (Å²) in [6.45, 7) is 14.5. The molecule has 8 heteroatoms. The van der Waals surface area contributed by atoms with E-state index in [0.29, 0.717) is 0 Å². The Morgan fingerprint density at radius 2 is 0.667 bits per heavy atom. The van der Waals surface area contributed by atoms with Crippen LogP contribution in [-0.4, -0.2) is 53.8 Å². The zero-order chi connectivity index (χ0) is 15.5. The van der Waals surface area contributed by atoms with Gasteiger partial charge in [-0.1, -0.05) is 0 Å². The van der Waals surface area contributed by atoms with Crippen LogP contribution in [0, 0.1) is 0 Å². The zero-order valence-corrected chi connectivity index (χ0v) is 13.4. The Balaban J connectivity index is -0.0000000167. The third-order valence-electron chi connectivity index (χ3n) is 0.957. The third kappa shape index (κ3) is 204. The van der Waals surface area contributed by atoms with Crippen molar-refractivity contribution in [2.45, 2.75) is 12.8 Å². The first-order valence-electron chi connectivity index (χ1n) is 3.94. The molecule has 1 saturated heterocycles. The predicted molar refractivity (Wildman–Crippen MR) is 64.8 cm³/mol. The molecule has 108 valence electrons. The summed E-state index contributed by atoms with van der Waals surface area (Å²) >= 11 is 0. The number of rotatable bonds is 0. The molecule has 0 spiro atoms. The van der Waals surface area contributed by atoms with Crippen molar-refractivity contribution in [2.75, 3.05) is 13.1 Å². The molecule has 1 aliphatic heterocycles. The van der Waals surface area contributed by atoms with Gasteiger partial charge < -0.3 is 34.1 Å². The van der Waals surface area contributed by atoms with Crippen LogP contribution in [0.2, 0.25) is 0 Å². The van der Waals surface area contributed by atoms with Crippen LogP contribution in [0.15, 0.2) is 0 Å². The Kier molecular flexibility index (Phi) is 609. The summed E-state index contributed by atoms with van der Waals surface area (Å²) in [7, 11) is 0. The van der Waals surface area contributed by atoms with Gasteiger partial charge in [-0.15, -0.1) is 0 Å². The first kappa shape index (κ1) is 43.8. The molecule has 0 aromatic carbocycles. The Bertz CT molecular complexity index is 75.3. The van der Waals surface area contributed by atoms with Crippen molar-refractivity contribution < 1.29 is 49.8 Å². The maximum absolute atomic E-state index is 8.00. The zero-order valence-electron chi connectivity index (χ0n) is 10.4. The average molecular weight is 435 g/mol. The molecule has 0 radical (unpaired) electrons. The molecule has 7 nitrogen and oxygen atoms in total. The van der Waals surface area contributed by atoms with Crippen LogP contribution < -0.4 is 5.32 Å². The van der Waals surface area contributed by atoms with E-state index < -0.39 is 0 Å². The van der Waals surface area contributed by atoms with Gasteiger partial charge >= 0.3 is 0 Å². The van der Waals surface area contributed by atoms with E-state index in [1.54, 1.807) is 0 Å². The van der Waals surface area contributed by atoms with Crippen LogP contribution in [-0.2, 0) is 49.8 Å². The maximum Gasteiger partial charge on any atom is 0.106 e. The van der Waals surface area contributed by atoms with Crippen LogP contribution in [0.25, 0.3) is 0 Å². The standard InChI is InChI=1S/C4H9N.6CH2O.W/c1-2-4-5-3-1;6*1-2;/h5H,1-4H2;6*1H2;. The van der Waals surface area contributed by atoms with Crippen LogP contribution in [0.5, 0.6) is 0 Å². The van der Waals surface area contributed by atoms with Gasteiger partial charge in [-0.2, -0.15) is 0 Å². The smallest absolute Gasteiger partial charge is 0.106 e. The van der Waals surface area contributed by atoms with Gasteiger partial charge in [0.2, 0.25) is 0 Å².